The van der Waals surface area contributed by atoms with Crippen LogP contribution < -0.4 is 4.90 Å². The molecule has 9 heteroatoms. The summed E-state index contributed by atoms with van der Waals surface area (Å²) in [6, 6.07) is 6.52. The van der Waals surface area contributed by atoms with Crippen LogP contribution in [0.5, 0.6) is 0 Å². The Morgan fingerprint density at radius 1 is 1.03 bits per heavy atom. The highest BCUT2D eigenvalue weighted by atomic mass is 19.1. The van der Waals surface area contributed by atoms with E-state index in [2.05, 4.69) is 25.1 Å². The lowest BCUT2D eigenvalue weighted by Gasteiger charge is -2.46. The van der Waals surface area contributed by atoms with Crippen LogP contribution in [0.2, 0.25) is 0 Å². The summed E-state index contributed by atoms with van der Waals surface area (Å²) in [7, 11) is 0. The summed E-state index contributed by atoms with van der Waals surface area (Å²) in [6.45, 7) is 6.01. The third-order valence-electron chi connectivity index (χ3n) is 6.49. The first-order chi connectivity index (χ1) is 15.5. The number of likely N-dealkylation sites (tertiary alicyclic amines) is 1. The lowest BCUT2D eigenvalue weighted by Crippen LogP contribution is -2.58. The predicted molar refractivity (Wildman–Crippen MR) is 117 cm³/mol. The van der Waals surface area contributed by atoms with Crippen molar-refractivity contribution in [3.63, 3.8) is 0 Å². The first kappa shape index (κ1) is 20.5. The molecule has 1 aromatic carbocycles. The van der Waals surface area contributed by atoms with Gasteiger partial charge in [0, 0.05) is 31.0 Å². The van der Waals surface area contributed by atoms with Crippen molar-refractivity contribution in [1.29, 1.82) is 0 Å². The van der Waals surface area contributed by atoms with Crippen LogP contribution in [-0.4, -0.2) is 60.9 Å². The summed E-state index contributed by atoms with van der Waals surface area (Å²) in [5.74, 6) is -0.165. The highest BCUT2D eigenvalue weighted by Gasteiger charge is 2.47. The third-order valence-corrected chi connectivity index (χ3v) is 6.49. The number of aromatic nitrogens is 5. The van der Waals surface area contributed by atoms with E-state index in [-0.39, 0.29) is 17.0 Å². The van der Waals surface area contributed by atoms with E-state index in [0.717, 1.165) is 43.6 Å². The second-order valence-corrected chi connectivity index (χ2v) is 8.71. The minimum atomic E-state index is -0.558. The van der Waals surface area contributed by atoms with Gasteiger partial charge in [-0.15, -0.1) is 0 Å². The van der Waals surface area contributed by atoms with E-state index in [4.69, 9.17) is 0 Å². The number of halogens is 1. The van der Waals surface area contributed by atoms with Crippen molar-refractivity contribution in [2.75, 3.05) is 24.5 Å². The first-order valence-corrected chi connectivity index (χ1v) is 11.0. The highest BCUT2D eigenvalue weighted by Crippen LogP contribution is 2.39. The summed E-state index contributed by atoms with van der Waals surface area (Å²) >= 11 is 0. The normalized spacial score (nSPS) is 20.8. The molecular weight excluding hydrogens is 409 g/mol. The van der Waals surface area contributed by atoms with Crippen LogP contribution in [0.1, 0.15) is 47.4 Å². The smallest absolute Gasteiger partial charge is 0.259 e. The minimum Gasteiger partial charge on any atom is -0.338 e. The highest BCUT2D eigenvalue weighted by molar-refractivity contribution is 5.98. The Hall–Kier alpha value is -3.36. The van der Waals surface area contributed by atoms with Crippen molar-refractivity contribution in [1.82, 2.24) is 29.9 Å². The van der Waals surface area contributed by atoms with E-state index in [1.54, 1.807) is 12.1 Å². The Balaban J connectivity index is 1.49. The number of piperidine rings is 1. The van der Waals surface area contributed by atoms with E-state index >= 15 is 0 Å². The summed E-state index contributed by atoms with van der Waals surface area (Å²) in [4.78, 5) is 28.4. The van der Waals surface area contributed by atoms with Gasteiger partial charge in [-0.05, 0) is 57.7 Å². The number of nitrogens with zero attached hydrogens (tertiary/aromatic N) is 7. The van der Waals surface area contributed by atoms with Gasteiger partial charge in [0.05, 0.1) is 17.9 Å². The molecule has 0 N–H and O–H groups in total. The van der Waals surface area contributed by atoms with Crippen molar-refractivity contribution < 1.29 is 9.18 Å². The van der Waals surface area contributed by atoms with Crippen LogP contribution in [0.15, 0.2) is 36.7 Å². The molecule has 1 atom stereocenters. The zero-order valence-corrected chi connectivity index (χ0v) is 18.3. The number of hydrogen-bond acceptors (Lipinski definition) is 6. The molecule has 0 radical (unpaired) electrons. The van der Waals surface area contributed by atoms with Crippen LogP contribution >= 0.6 is 0 Å². The molecule has 0 bridgehead atoms. The summed E-state index contributed by atoms with van der Waals surface area (Å²) in [6.07, 6.45) is 6.59. The summed E-state index contributed by atoms with van der Waals surface area (Å²) < 4.78 is 15.0. The number of benzene rings is 1. The quantitative estimate of drug-likeness (QED) is 0.629. The molecular formula is C23H26FN7O. The third kappa shape index (κ3) is 3.51. The number of aryl methyl sites for hydroxylation is 2. The van der Waals surface area contributed by atoms with Crippen LogP contribution in [0.4, 0.5) is 10.3 Å². The molecule has 2 aromatic heterocycles. The lowest BCUT2D eigenvalue weighted by molar-refractivity contribution is 0.0552. The van der Waals surface area contributed by atoms with E-state index in [0.29, 0.717) is 24.7 Å². The standard InChI is InChI=1S/C23H26FN7O/c1-16-14-17(2)28-22(27-16)29-12-4-8-23(15-29)9-5-13-30(23)21(32)20-18(24)6-3-7-19(20)31-25-10-11-26-31/h3,6-7,10-11,14H,4-5,8-9,12-13,15H2,1-2H3. The molecule has 166 valence electrons. The Bertz CT molecular complexity index is 1130. The van der Waals surface area contributed by atoms with E-state index < -0.39 is 5.82 Å². The van der Waals surface area contributed by atoms with Gasteiger partial charge in [-0.1, -0.05) is 6.07 Å². The fraction of sp³-hybridized carbons (Fsp3) is 0.435. The molecule has 32 heavy (non-hydrogen) atoms. The Morgan fingerprint density at radius 3 is 2.44 bits per heavy atom. The largest absolute Gasteiger partial charge is 0.338 e. The number of anilines is 1. The molecule has 2 saturated heterocycles. The molecule has 5 rings (SSSR count). The zero-order chi connectivity index (χ0) is 22.3. The van der Waals surface area contributed by atoms with Gasteiger partial charge in [-0.2, -0.15) is 15.0 Å². The number of rotatable bonds is 3. The molecule has 1 amide bonds. The zero-order valence-electron chi connectivity index (χ0n) is 18.3. The first-order valence-electron chi connectivity index (χ1n) is 11.0. The maximum atomic E-state index is 15.0. The summed E-state index contributed by atoms with van der Waals surface area (Å²) in [5.41, 5.74) is 1.86. The van der Waals surface area contributed by atoms with Gasteiger partial charge >= 0.3 is 0 Å². The molecule has 3 aromatic rings. The van der Waals surface area contributed by atoms with Gasteiger partial charge in [-0.25, -0.2) is 14.4 Å². The average molecular weight is 436 g/mol. The second kappa shape index (κ2) is 7.96. The molecule has 0 saturated carbocycles. The number of amides is 1. The number of carbonyl (C=O) groups is 1. The van der Waals surface area contributed by atoms with Crippen LogP contribution in [0.3, 0.4) is 0 Å². The monoisotopic (exact) mass is 435 g/mol. The second-order valence-electron chi connectivity index (χ2n) is 8.71. The number of hydrogen-bond donors (Lipinski definition) is 0. The van der Waals surface area contributed by atoms with Gasteiger partial charge in [0.1, 0.15) is 17.1 Å². The topological polar surface area (TPSA) is 80.0 Å². The molecule has 2 aliphatic heterocycles. The van der Waals surface area contributed by atoms with Gasteiger partial charge in [0.15, 0.2) is 0 Å². The Kier molecular flexibility index (Phi) is 5.11. The van der Waals surface area contributed by atoms with Crippen LogP contribution in [0, 0.1) is 19.7 Å². The maximum Gasteiger partial charge on any atom is 0.259 e. The Morgan fingerprint density at radius 2 is 1.72 bits per heavy atom. The van der Waals surface area contributed by atoms with E-state index in [1.165, 1.54) is 23.3 Å². The SMILES string of the molecule is Cc1cc(C)nc(N2CCCC3(CCCN3C(=O)c3c(F)cccc3-n3nccn3)C2)n1. The number of carbonyl (C=O) groups excluding carboxylic acids is 1. The van der Waals surface area contributed by atoms with Gasteiger partial charge in [-0.3, -0.25) is 4.79 Å². The maximum absolute atomic E-state index is 15.0. The molecule has 1 unspecified atom stereocenters. The van der Waals surface area contributed by atoms with Crippen LogP contribution in [0.25, 0.3) is 5.69 Å². The average Bonchev–Trinajstić information content (AvgIpc) is 3.43. The van der Waals surface area contributed by atoms with Crippen molar-refractivity contribution >= 4 is 11.9 Å². The van der Waals surface area contributed by atoms with Crippen molar-refractivity contribution in [2.24, 2.45) is 0 Å². The van der Waals surface area contributed by atoms with Crippen molar-refractivity contribution in [2.45, 2.75) is 45.1 Å². The molecule has 2 fully saturated rings. The minimum absolute atomic E-state index is 0.0183. The fourth-order valence-corrected chi connectivity index (χ4v) is 5.18. The molecule has 8 nitrogen and oxygen atoms in total. The molecule has 2 aliphatic rings. The lowest BCUT2D eigenvalue weighted by atomic mass is 9.86. The van der Waals surface area contributed by atoms with E-state index in [9.17, 15) is 9.18 Å². The molecule has 1 spiro atoms. The van der Waals surface area contributed by atoms with Gasteiger partial charge in [0.2, 0.25) is 5.95 Å². The predicted octanol–water partition coefficient (Wildman–Crippen LogP) is 3.09. The molecule has 0 aliphatic carbocycles. The summed E-state index contributed by atoms with van der Waals surface area (Å²) in [5, 5.41) is 8.23. The van der Waals surface area contributed by atoms with Gasteiger partial charge < -0.3 is 9.80 Å². The van der Waals surface area contributed by atoms with Crippen LogP contribution in [-0.2, 0) is 0 Å². The Labute approximate surface area is 186 Å². The van der Waals surface area contributed by atoms with Gasteiger partial charge in [0.25, 0.3) is 5.91 Å². The fourth-order valence-electron chi connectivity index (χ4n) is 5.18. The molecule has 4 heterocycles. The van der Waals surface area contributed by atoms with E-state index in [1.807, 2.05) is 24.8 Å². The van der Waals surface area contributed by atoms with Crippen molar-refractivity contribution in [3.8, 4) is 5.69 Å². The van der Waals surface area contributed by atoms with Crippen molar-refractivity contribution in [3.05, 3.63) is 59.4 Å².